The number of nitrogens with zero attached hydrogens (tertiary/aromatic N) is 2. The van der Waals surface area contributed by atoms with Gasteiger partial charge in [0, 0.05) is 16.8 Å². The highest BCUT2D eigenvalue weighted by atomic mass is 16.6. The van der Waals surface area contributed by atoms with Gasteiger partial charge >= 0.3 is 7.12 Å². The minimum atomic E-state index is -1.76. The van der Waals surface area contributed by atoms with Crippen LogP contribution in [0.25, 0.3) is 27.5 Å². The van der Waals surface area contributed by atoms with Crippen molar-refractivity contribution < 1.29 is 15.0 Å². The number of nitro groups is 1. The van der Waals surface area contributed by atoms with Gasteiger partial charge in [0.1, 0.15) is 5.69 Å². The van der Waals surface area contributed by atoms with Gasteiger partial charge < -0.3 is 14.6 Å². The van der Waals surface area contributed by atoms with E-state index in [2.05, 4.69) is 0 Å². The van der Waals surface area contributed by atoms with Crippen molar-refractivity contribution in [1.82, 2.24) is 4.57 Å². The van der Waals surface area contributed by atoms with Crippen LogP contribution in [0.1, 0.15) is 0 Å². The van der Waals surface area contributed by atoms with Gasteiger partial charge in [-0.2, -0.15) is 0 Å². The lowest BCUT2D eigenvalue weighted by molar-refractivity contribution is -0.384. The van der Waals surface area contributed by atoms with Gasteiger partial charge in [-0.3, -0.25) is 10.1 Å². The number of para-hydroxylation sites is 2. The zero-order valence-electron chi connectivity index (χ0n) is 13.0. The molecule has 0 fully saturated rings. The number of hydrogen-bond donors (Lipinski definition) is 2. The van der Waals surface area contributed by atoms with Gasteiger partial charge in [0.15, 0.2) is 0 Å². The molecular weight excluding hydrogens is 319 g/mol. The average Bonchev–Trinajstić information content (AvgIpc) is 2.95. The van der Waals surface area contributed by atoms with Crippen molar-refractivity contribution in [2.75, 3.05) is 0 Å². The second kappa shape index (κ2) is 5.73. The van der Waals surface area contributed by atoms with Crippen LogP contribution >= 0.6 is 0 Å². The monoisotopic (exact) mass is 332 g/mol. The Bertz CT molecular complexity index is 1070. The third-order valence-electron chi connectivity index (χ3n) is 4.32. The van der Waals surface area contributed by atoms with Gasteiger partial charge in [0.2, 0.25) is 0 Å². The molecule has 7 heteroatoms. The van der Waals surface area contributed by atoms with E-state index in [0.717, 1.165) is 21.8 Å². The molecule has 0 aliphatic rings. The van der Waals surface area contributed by atoms with Crippen molar-refractivity contribution in [2.45, 2.75) is 0 Å². The summed E-state index contributed by atoms with van der Waals surface area (Å²) < 4.78 is 1.83. The standard InChI is InChI=1S/C18H13BN2O4/c22-19(23)12-9-10-17(18(11-12)21(24)25)20-15-7-3-1-5-13(15)14-6-2-4-8-16(14)20/h1-11,22-23H. The summed E-state index contributed by atoms with van der Waals surface area (Å²) >= 11 is 0. The van der Waals surface area contributed by atoms with Crippen LogP contribution < -0.4 is 5.46 Å². The molecule has 25 heavy (non-hydrogen) atoms. The second-order valence-corrected chi connectivity index (χ2v) is 5.75. The summed E-state index contributed by atoms with van der Waals surface area (Å²) in [4.78, 5) is 11.1. The maximum atomic E-state index is 11.6. The van der Waals surface area contributed by atoms with Crippen LogP contribution in [-0.4, -0.2) is 26.7 Å². The number of benzene rings is 3. The van der Waals surface area contributed by atoms with Crippen LogP contribution in [0.4, 0.5) is 5.69 Å². The Labute approximate surface area is 142 Å². The third kappa shape index (κ3) is 2.37. The normalized spacial score (nSPS) is 11.1. The van der Waals surface area contributed by atoms with E-state index in [-0.39, 0.29) is 11.2 Å². The molecule has 0 atom stereocenters. The number of fused-ring (bicyclic) bond motifs is 3. The lowest BCUT2D eigenvalue weighted by Crippen LogP contribution is -2.30. The maximum absolute atomic E-state index is 11.6. The summed E-state index contributed by atoms with van der Waals surface area (Å²) in [6, 6.07) is 19.6. The van der Waals surface area contributed by atoms with E-state index in [9.17, 15) is 20.2 Å². The topological polar surface area (TPSA) is 88.5 Å². The maximum Gasteiger partial charge on any atom is 0.488 e. The van der Waals surface area contributed by atoms with Gasteiger partial charge in [-0.05, 0) is 23.7 Å². The van der Waals surface area contributed by atoms with E-state index < -0.39 is 12.0 Å². The zero-order chi connectivity index (χ0) is 17.6. The largest absolute Gasteiger partial charge is 0.488 e. The third-order valence-corrected chi connectivity index (χ3v) is 4.32. The van der Waals surface area contributed by atoms with Crippen LogP contribution in [0.5, 0.6) is 0 Å². The lowest BCUT2D eigenvalue weighted by Gasteiger charge is -2.10. The first kappa shape index (κ1) is 15.4. The fraction of sp³-hybridized carbons (Fsp3) is 0. The van der Waals surface area contributed by atoms with Crippen molar-refractivity contribution >= 4 is 40.1 Å². The van der Waals surface area contributed by atoms with Crippen LogP contribution in [0.15, 0.2) is 66.7 Å². The predicted octanol–water partition coefficient (Wildman–Crippen LogP) is 2.37. The number of aromatic nitrogens is 1. The number of rotatable bonds is 3. The summed E-state index contributed by atoms with van der Waals surface area (Å²) in [5.41, 5.74) is 1.98. The lowest BCUT2D eigenvalue weighted by atomic mass is 9.80. The van der Waals surface area contributed by atoms with Crippen LogP contribution in [-0.2, 0) is 0 Å². The minimum absolute atomic E-state index is 0.0798. The molecule has 0 radical (unpaired) electrons. The van der Waals surface area contributed by atoms with Gasteiger partial charge in [-0.25, -0.2) is 0 Å². The number of nitro benzene ring substituents is 1. The molecule has 4 aromatic rings. The Morgan fingerprint density at radius 2 is 1.44 bits per heavy atom. The first-order valence-corrected chi connectivity index (χ1v) is 7.71. The zero-order valence-corrected chi connectivity index (χ0v) is 13.0. The van der Waals surface area contributed by atoms with E-state index in [1.165, 1.54) is 12.1 Å². The van der Waals surface area contributed by atoms with Crippen molar-refractivity contribution in [3.05, 3.63) is 76.8 Å². The molecule has 4 rings (SSSR count). The van der Waals surface area contributed by atoms with Crippen LogP contribution in [0, 0.1) is 10.1 Å². The molecule has 6 nitrogen and oxygen atoms in total. The van der Waals surface area contributed by atoms with Crippen molar-refractivity contribution in [3.8, 4) is 5.69 Å². The molecule has 0 bridgehead atoms. The smallest absolute Gasteiger partial charge is 0.423 e. The highest BCUT2D eigenvalue weighted by Gasteiger charge is 2.23. The molecule has 0 unspecified atom stereocenters. The van der Waals surface area contributed by atoms with Gasteiger partial charge in [0.25, 0.3) is 5.69 Å². The SMILES string of the molecule is O=[N+]([O-])c1cc(B(O)O)ccc1-n1c2ccccc2c2ccccc21. The molecule has 0 saturated carbocycles. The molecule has 0 aliphatic heterocycles. The fourth-order valence-electron chi connectivity index (χ4n) is 3.22. The summed E-state index contributed by atoms with van der Waals surface area (Å²) in [6.07, 6.45) is 0. The molecule has 3 aromatic carbocycles. The van der Waals surface area contributed by atoms with E-state index in [1.807, 2.05) is 53.1 Å². The van der Waals surface area contributed by atoms with Crippen molar-refractivity contribution in [1.29, 1.82) is 0 Å². The summed E-state index contributed by atoms with van der Waals surface area (Å²) in [5, 5.41) is 32.2. The Balaban J connectivity index is 2.12. The second-order valence-electron chi connectivity index (χ2n) is 5.75. The molecule has 0 spiro atoms. The van der Waals surface area contributed by atoms with E-state index in [4.69, 9.17) is 0 Å². The van der Waals surface area contributed by atoms with Gasteiger partial charge in [-0.15, -0.1) is 0 Å². The van der Waals surface area contributed by atoms with Crippen molar-refractivity contribution in [2.24, 2.45) is 0 Å². The molecule has 0 saturated heterocycles. The Kier molecular flexibility index (Phi) is 3.53. The Morgan fingerprint density at radius 3 is 1.96 bits per heavy atom. The molecule has 122 valence electrons. The summed E-state index contributed by atoms with van der Waals surface area (Å²) in [5.74, 6) is 0. The molecule has 0 amide bonds. The number of hydrogen-bond acceptors (Lipinski definition) is 4. The van der Waals surface area contributed by atoms with Crippen LogP contribution in [0.3, 0.4) is 0 Å². The van der Waals surface area contributed by atoms with Crippen molar-refractivity contribution in [3.63, 3.8) is 0 Å². The molecule has 2 N–H and O–H groups in total. The summed E-state index contributed by atoms with van der Waals surface area (Å²) in [7, 11) is -1.76. The van der Waals surface area contributed by atoms with E-state index >= 15 is 0 Å². The Hall–Kier alpha value is -3.16. The van der Waals surface area contributed by atoms with E-state index in [0.29, 0.717) is 5.69 Å². The molecule has 1 aromatic heterocycles. The minimum Gasteiger partial charge on any atom is -0.423 e. The first-order chi connectivity index (χ1) is 12.1. The fourth-order valence-corrected chi connectivity index (χ4v) is 3.22. The van der Waals surface area contributed by atoms with Gasteiger partial charge in [-0.1, -0.05) is 42.5 Å². The molecule has 0 aliphatic carbocycles. The van der Waals surface area contributed by atoms with Crippen LogP contribution in [0.2, 0.25) is 0 Å². The highest BCUT2D eigenvalue weighted by Crippen LogP contribution is 2.34. The summed E-state index contributed by atoms with van der Waals surface area (Å²) in [6.45, 7) is 0. The van der Waals surface area contributed by atoms with E-state index in [1.54, 1.807) is 6.07 Å². The highest BCUT2D eigenvalue weighted by molar-refractivity contribution is 6.58. The van der Waals surface area contributed by atoms with Gasteiger partial charge in [0.05, 0.1) is 16.0 Å². The molecule has 1 heterocycles. The molecular formula is C18H13BN2O4. The Morgan fingerprint density at radius 1 is 0.880 bits per heavy atom. The predicted molar refractivity (Wildman–Crippen MR) is 97.3 cm³/mol. The first-order valence-electron chi connectivity index (χ1n) is 7.71. The average molecular weight is 332 g/mol. The quantitative estimate of drug-likeness (QED) is 0.342.